The molecule has 26 heavy (non-hydrogen) atoms. The Bertz CT molecular complexity index is 926. The average Bonchev–Trinajstić information content (AvgIpc) is 2.84. The highest BCUT2D eigenvalue weighted by atomic mass is 19.1. The number of likely N-dealkylation sites (tertiary alicyclic amines) is 1. The number of rotatable bonds is 3. The molecule has 0 unspecified atom stereocenters. The molecule has 1 aromatic heterocycles. The van der Waals surface area contributed by atoms with Gasteiger partial charge in [-0.1, -0.05) is 37.1 Å². The molecule has 0 radical (unpaired) electrons. The topological polar surface area (TPSA) is 38.1 Å². The lowest BCUT2D eigenvalue weighted by atomic mass is 10.2. The molecule has 0 bridgehead atoms. The summed E-state index contributed by atoms with van der Waals surface area (Å²) in [5.41, 5.74) is 2.05. The largest absolute Gasteiger partial charge is 0.341 e. The minimum Gasteiger partial charge on any atom is -0.341 e. The summed E-state index contributed by atoms with van der Waals surface area (Å²) in [5.74, 6) is 0.256. The van der Waals surface area contributed by atoms with E-state index >= 15 is 0 Å². The Kier molecular flexibility index (Phi) is 4.69. The summed E-state index contributed by atoms with van der Waals surface area (Å²) in [5, 5.41) is 0. The van der Waals surface area contributed by atoms with Crippen molar-refractivity contribution in [1.82, 2.24) is 14.5 Å². The van der Waals surface area contributed by atoms with Crippen molar-refractivity contribution >= 4 is 16.9 Å². The van der Waals surface area contributed by atoms with E-state index in [2.05, 4.69) is 4.98 Å². The fourth-order valence-electron chi connectivity index (χ4n) is 3.64. The van der Waals surface area contributed by atoms with Crippen LogP contribution in [0.4, 0.5) is 4.39 Å². The summed E-state index contributed by atoms with van der Waals surface area (Å²) in [6.45, 7) is 1.80. The number of fused-ring (bicyclic) bond motifs is 1. The maximum Gasteiger partial charge on any atom is 0.242 e. The quantitative estimate of drug-likeness (QED) is 0.708. The van der Waals surface area contributed by atoms with Crippen molar-refractivity contribution in [2.24, 2.45) is 0 Å². The molecule has 0 N–H and O–H groups in total. The Morgan fingerprint density at radius 3 is 2.42 bits per heavy atom. The molecule has 4 rings (SSSR count). The molecule has 1 fully saturated rings. The zero-order chi connectivity index (χ0) is 17.9. The van der Waals surface area contributed by atoms with Gasteiger partial charge in [-0.15, -0.1) is 0 Å². The molecule has 2 heterocycles. The second-order valence-electron chi connectivity index (χ2n) is 6.79. The van der Waals surface area contributed by atoms with Gasteiger partial charge in [0.2, 0.25) is 5.91 Å². The molecule has 0 aliphatic carbocycles. The van der Waals surface area contributed by atoms with Gasteiger partial charge in [-0.2, -0.15) is 0 Å². The molecule has 1 saturated heterocycles. The maximum absolute atomic E-state index is 14.4. The van der Waals surface area contributed by atoms with E-state index in [-0.39, 0.29) is 18.3 Å². The van der Waals surface area contributed by atoms with E-state index in [9.17, 15) is 9.18 Å². The van der Waals surface area contributed by atoms with E-state index in [0.29, 0.717) is 11.4 Å². The standard InChI is InChI=1S/C21H22FN3O/c22-17-10-4-3-9-16(17)21-23-18-11-5-6-12-19(18)25(21)15-20(26)24-13-7-1-2-8-14-24/h3-6,9-12H,1-2,7-8,13-15H2. The minimum atomic E-state index is -0.328. The van der Waals surface area contributed by atoms with Crippen molar-refractivity contribution in [3.05, 3.63) is 54.3 Å². The first-order valence-corrected chi connectivity index (χ1v) is 9.22. The summed E-state index contributed by atoms with van der Waals surface area (Å²) in [6.07, 6.45) is 4.46. The lowest BCUT2D eigenvalue weighted by Gasteiger charge is -2.21. The normalized spacial score (nSPS) is 15.2. The van der Waals surface area contributed by atoms with Gasteiger partial charge in [0.1, 0.15) is 18.2 Å². The van der Waals surface area contributed by atoms with Crippen LogP contribution in [-0.2, 0) is 11.3 Å². The summed E-state index contributed by atoms with van der Waals surface area (Å²) in [7, 11) is 0. The molecule has 0 spiro atoms. The third-order valence-corrected chi connectivity index (χ3v) is 5.02. The van der Waals surface area contributed by atoms with Crippen LogP contribution in [0.1, 0.15) is 25.7 Å². The Morgan fingerprint density at radius 2 is 1.65 bits per heavy atom. The van der Waals surface area contributed by atoms with E-state index < -0.39 is 0 Å². The van der Waals surface area contributed by atoms with E-state index in [1.54, 1.807) is 18.2 Å². The van der Waals surface area contributed by atoms with E-state index in [0.717, 1.165) is 37.0 Å². The highest BCUT2D eigenvalue weighted by Crippen LogP contribution is 2.27. The van der Waals surface area contributed by atoms with E-state index in [1.807, 2.05) is 33.7 Å². The van der Waals surface area contributed by atoms with Crippen LogP contribution >= 0.6 is 0 Å². The third-order valence-electron chi connectivity index (χ3n) is 5.02. The van der Waals surface area contributed by atoms with Crippen LogP contribution in [0.3, 0.4) is 0 Å². The second kappa shape index (κ2) is 7.28. The SMILES string of the molecule is O=C(Cn1c(-c2ccccc2F)nc2ccccc21)N1CCCCCC1. The lowest BCUT2D eigenvalue weighted by Crippen LogP contribution is -2.34. The molecule has 2 aromatic carbocycles. The van der Waals surface area contributed by atoms with Crippen molar-refractivity contribution in [2.45, 2.75) is 32.2 Å². The summed E-state index contributed by atoms with van der Waals surface area (Å²) >= 11 is 0. The fraction of sp³-hybridized carbons (Fsp3) is 0.333. The number of hydrogen-bond donors (Lipinski definition) is 0. The molecule has 1 amide bonds. The smallest absolute Gasteiger partial charge is 0.242 e. The van der Waals surface area contributed by atoms with Gasteiger partial charge in [0.05, 0.1) is 16.6 Å². The van der Waals surface area contributed by atoms with Crippen LogP contribution in [0.25, 0.3) is 22.4 Å². The number of carbonyl (C=O) groups excluding carboxylic acids is 1. The van der Waals surface area contributed by atoms with Gasteiger partial charge in [0.25, 0.3) is 0 Å². The highest BCUT2D eigenvalue weighted by molar-refractivity contribution is 5.84. The van der Waals surface area contributed by atoms with Gasteiger partial charge in [-0.3, -0.25) is 4.79 Å². The molecule has 4 nitrogen and oxygen atoms in total. The van der Waals surface area contributed by atoms with Crippen molar-refractivity contribution in [3.8, 4) is 11.4 Å². The van der Waals surface area contributed by atoms with Gasteiger partial charge >= 0.3 is 0 Å². The van der Waals surface area contributed by atoms with Crippen molar-refractivity contribution in [1.29, 1.82) is 0 Å². The minimum absolute atomic E-state index is 0.0765. The molecule has 0 saturated carbocycles. The Balaban J connectivity index is 1.74. The van der Waals surface area contributed by atoms with Gasteiger partial charge < -0.3 is 9.47 Å². The van der Waals surface area contributed by atoms with Crippen molar-refractivity contribution < 1.29 is 9.18 Å². The monoisotopic (exact) mass is 351 g/mol. The summed E-state index contributed by atoms with van der Waals surface area (Å²) in [4.78, 5) is 19.5. The average molecular weight is 351 g/mol. The number of amides is 1. The van der Waals surface area contributed by atoms with Crippen LogP contribution < -0.4 is 0 Å². The number of imidazole rings is 1. The summed E-state index contributed by atoms with van der Waals surface area (Å²) < 4.78 is 16.2. The fourth-order valence-corrected chi connectivity index (χ4v) is 3.64. The Hall–Kier alpha value is -2.69. The molecular weight excluding hydrogens is 329 g/mol. The van der Waals surface area contributed by atoms with Crippen LogP contribution in [-0.4, -0.2) is 33.4 Å². The molecule has 1 aliphatic heterocycles. The zero-order valence-corrected chi connectivity index (χ0v) is 14.7. The number of benzene rings is 2. The first-order valence-electron chi connectivity index (χ1n) is 9.22. The molecule has 3 aromatic rings. The number of carbonyl (C=O) groups is 1. The van der Waals surface area contributed by atoms with Gasteiger partial charge in [-0.05, 0) is 37.1 Å². The number of aromatic nitrogens is 2. The molecular formula is C21H22FN3O. The number of nitrogens with zero attached hydrogens (tertiary/aromatic N) is 3. The number of halogens is 1. The third kappa shape index (κ3) is 3.21. The van der Waals surface area contributed by atoms with E-state index in [4.69, 9.17) is 0 Å². The van der Waals surface area contributed by atoms with Gasteiger partial charge in [-0.25, -0.2) is 9.37 Å². The molecule has 5 heteroatoms. The predicted octanol–water partition coefficient (Wildman–Crippen LogP) is 4.25. The van der Waals surface area contributed by atoms with Gasteiger partial charge in [0, 0.05) is 13.1 Å². The Labute approximate surface area is 152 Å². The van der Waals surface area contributed by atoms with Crippen molar-refractivity contribution in [2.75, 3.05) is 13.1 Å². The first kappa shape index (κ1) is 16.8. The number of hydrogen-bond acceptors (Lipinski definition) is 2. The van der Waals surface area contributed by atoms with Crippen LogP contribution in [0.15, 0.2) is 48.5 Å². The molecule has 134 valence electrons. The van der Waals surface area contributed by atoms with Crippen LogP contribution in [0, 0.1) is 5.82 Å². The van der Waals surface area contributed by atoms with E-state index in [1.165, 1.54) is 18.9 Å². The van der Waals surface area contributed by atoms with Crippen molar-refractivity contribution in [3.63, 3.8) is 0 Å². The predicted molar refractivity (Wildman–Crippen MR) is 100 cm³/mol. The number of para-hydroxylation sites is 2. The summed E-state index contributed by atoms with van der Waals surface area (Å²) in [6, 6.07) is 14.2. The maximum atomic E-state index is 14.4. The Morgan fingerprint density at radius 1 is 0.962 bits per heavy atom. The molecule has 1 aliphatic rings. The zero-order valence-electron chi connectivity index (χ0n) is 14.7. The van der Waals surface area contributed by atoms with Gasteiger partial charge in [0.15, 0.2) is 0 Å². The lowest BCUT2D eigenvalue weighted by molar-refractivity contribution is -0.131. The first-order chi connectivity index (χ1) is 12.7. The van der Waals surface area contributed by atoms with Crippen LogP contribution in [0.5, 0.6) is 0 Å². The highest BCUT2D eigenvalue weighted by Gasteiger charge is 2.21. The molecule has 0 atom stereocenters. The second-order valence-corrected chi connectivity index (χ2v) is 6.79. The van der Waals surface area contributed by atoms with Crippen LogP contribution in [0.2, 0.25) is 0 Å².